The first-order valence-electron chi connectivity index (χ1n) is 4.59. The number of rotatable bonds is 4. The topological polar surface area (TPSA) is 24.1 Å². The molecule has 12 heavy (non-hydrogen) atoms. The lowest BCUT2D eigenvalue weighted by Gasteiger charge is -2.13. The maximum absolute atomic E-state index is 3.35. The normalized spacial score (nSPS) is 22.2. The minimum atomic E-state index is 0.708. The van der Waals surface area contributed by atoms with E-state index in [0.717, 1.165) is 13.1 Å². The Bertz CT molecular complexity index is 182. The van der Waals surface area contributed by atoms with Gasteiger partial charge in [-0.3, -0.25) is 0 Å². The molecule has 0 aliphatic heterocycles. The highest BCUT2D eigenvalue weighted by Gasteiger charge is 2.01. The van der Waals surface area contributed by atoms with Crippen molar-refractivity contribution in [3.63, 3.8) is 0 Å². The fourth-order valence-electron chi connectivity index (χ4n) is 1.19. The van der Waals surface area contributed by atoms with Crippen LogP contribution in [0.1, 0.15) is 13.3 Å². The number of allylic oxidation sites excluding steroid dienone is 3. The van der Waals surface area contributed by atoms with E-state index in [0.29, 0.717) is 5.92 Å². The zero-order valence-corrected chi connectivity index (χ0v) is 7.93. The quantitative estimate of drug-likeness (QED) is 0.615. The first kappa shape index (κ1) is 9.33. The highest BCUT2D eigenvalue weighted by atomic mass is 14.9. The lowest BCUT2D eigenvalue weighted by atomic mass is 10.0. The van der Waals surface area contributed by atoms with Crippen molar-refractivity contribution in [1.82, 2.24) is 10.6 Å². The Morgan fingerprint density at radius 1 is 1.50 bits per heavy atom. The molecule has 1 unspecified atom stereocenters. The molecule has 0 radical (unpaired) electrons. The average Bonchev–Trinajstić information content (AvgIpc) is 2.09. The Kier molecular flexibility index (Phi) is 3.88. The lowest BCUT2D eigenvalue weighted by Crippen LogP contribution is -2.24. The van der Waals surface area contributed by atoms with E-state index >= 15 is 0 Å². The Balaban J connectivity index is 2.21. The van der Waals surface area contributed by atoms with Gasteiger partial charge in [0.15, 0.2) is 0 Å². The predicted octanol–water partition coefficient (Wildman–Crippen LogP) is 1.28. The molecule has 0 spiro atoms. The van der Waals surface area contributed by atoms with Crippen LogP contribution in [-0.2, 0) is 0 Å². The van der Waals surface area contributed by atoms with Crippen LogP contribution in [0.25, 0.3) is 0 Å². The fourth-order valence-corrected chi connectivity index (χ4v) is 1.19. The zero-order valence-electron chi connectivity index (χ0n) is 7.93. The average molecular weight is 166 g/mol. The second kappa shape index (κ2) is 4.99. The summed E-state index contributed by atoms with van der Waals surface area (Å²) >= 11 is 0. The molecule has 0 bridgehead atoms. The van der Waals surface area contributed by atoms with Crippen molar-refractivity contribution < 1.29 is 0 Å². The molecule has 0 heterocycles. The van der Waals surface area contributed by atoms with E-state index in [-0.39, 0.29) is 0 Å². The third kappa shape index (κ3) is 3.09. The summed E-state index contributed by atoms with van der Waals surface area (Å²) < 4.78 is 0. The van der Waals surface area contributed by atoms with Gasteiger partial charge in [0.25, 0.3) is 0 Å². The molecule has 1 aliphatic rings. The van der Waals surface area contributed by atoms with Crippen molar-refractivity contribution in [2.24, 2.45) is 5.92 Å². The molecule has 1 aliphatic carbocycles. The van der Waals surface area contributed by atoms with Crippen molar-refractivity contribution in [2.45, 2.75) is 13.3 Å². The molecule has 0 fully saturated rings. The smallest absolute Gasteiger partial charge is 0.0297 e. The molecule has 0 amide bonds. The molecule has 68 valence electrons. The fraction of sp³-hybridized carbons (Fsp3) is 0.600. The third-order valence-corrected chi connectivity index (χ3v) is 2.02. The van der Waals surface area contributed by atoms with Gasteiger partial charge < -0.3 is 10.6 Å². The predicted molar refractivity (Wildman–Crippen MR) is 52.9 cm³/mol. The molecule has 1 atom stereocenters. The van der Waals surface area contributed by atoms with Gasteiger partial charge in [-0.15, -0.1) is 0 Å². The largest absolute Gasteiger partial charge is 0.384 e. The molecule has 2 N–H and O–H groups in total. The molecular formula is C10H18N2. The Hall–Kier alpha value is -0.760. The van der Waals surface area contributed by atoms with Gasteiger partial charge in [-0.2, -0.15) is 0 Å². The summed E-state index contributed by atoms with van der Waals surface area (Å²) in [4.78, 5) is 0. The van der Waals surface area contributed by atoms with Crippen LogP contribution in [0.15, 0.2) is 23.9 Å². The molecule has 1 rings (SSSR count). The summed E-state index contributed by atoms with van der Waals surface area (Å²) in [6.45, 7) is 4.25. The number of likely N-dealkylation sites (N-methyl/N-ethyl adjacent to an activating group) is 1. The lowest BCUT2D eigenvalue weighted by molar-refractivity contribution is 0.690. The van der Waals surface area contributed by atoms with Crippen molar-refractivity contribution in [2.75, 3.05) is 20.1 Å². The van der Waals surface area contributed by atoms with E-state index in [1.54, 1.807) is 0 Å². The van der Waals surface area contributed by atoms with Gasteiger partial charge in [-0.1, -0.05) is 19.1 Å². The first-order chi connectivity index (χ1) is 5.83. The Morgan fingerprint density at radius 3 is 2.92 bits per heavy atom. The minimum absolute atomic E-state index is 0.708. The summed E-state index contributed by atoms with van der Waals surface area (Å²) in [5.41, 5.74) is 1.27. The van der Waals surface area contributed by atoms with Crippen molar-refractivity contribution in [3.8, 4) is 0 Å². The van der Waals surface area contributed by atoms with Crippen LogP contribution in [0.5, 0.6) is 0 Å². The van der Waals surface area contributed by atoms with Crippen LogP contribution >= 0.6 is 0 Å². The zero-order chi connectivity index (χ0) is 8.81. The van der Waals surface area contributed by atoms with Gasteiger partial charge in [0.2, 0.25) is 0 Å². The van der Waals surface area contributed by atoms with Crippen molar-refractivity contribution in [1.29, 1.82) is 0 Å². The van der Waals surface area contributed by atoms with Gasteiger partial charge in [-0.05, 0) is 25.5 Å². The first-order valence-corrected chi connectivity index (χ1v) is 4.59. The minimum Gasteiger partial charge on any atom is -0.384 e. The van der Waals surface area contributed by atoms with E-state index in [4.69, 9.17) is 0 Å². The van der Waals surface area contributed by atoms with E-state index < -0.39 is 0 Å². The van der Waals surface area contributed by atoms with Crippen LogP contribution in [-0.4, -0.2) is 20.1 Å². The number of nitrogens with one attached hydrogen (secondary N) is 2. The van der Waals surface area contributed by atoms with Crippen molar-refractivity contribution in [3.05, 3.63) is 23.9 Å². The highest BCUT2D eigenvalue weighted by Crippen LogP contribution is 2.13. The number of hydrogen-bond acceptors (Lipinski definition) is 2. The van der Waals surface area contributed by atoms with Crippen molar-refractivity contribution >= 4 is 0 Å². The monoisotopic (exact) mass is 166 g/mol. The van der Waals surface area contributed by atoms with E-state index in [1.165, 1.54) is 12.1 Å². The standard InChI is InChI=1S/C10H18N2/c1-9-3-5-10(6-4-9)12-8-7-11-2/h3,5-6,9,11-12H,4,7-8H2,1-2H3. The summed E-state index contributed by atoms with van der Waals surface area (Å²) in [5.74, 6) is 0.708. The van der Waals surface area contributed by atoms with Crippen LogP contribution in [0.2, 0.25) is 0 Å². The highest BCUT2D eigenvalue weighted by molar-refractivity contribution is 5.21. The maximum atomic E-state index is 3.35. The summed E-state index contributed by atoms with van der Waals surface area (Å²) in [6.07, 6.45) is 7.85. The molecule has 2 heteroatoms. The van der Waals surface area contributed by atoms with Crippen LogP contribution in [0, 0.1) is 5.92 Å². The van der Waals surface area contributed by atoms with Crippen LogP contribution < -0.4 is 10.6 Å². The molecule has 0 aromatic rings. The van der Waals surface area contributed by atoms with E-state index in [9.17, 15) is 0 Å². The summed E-state index contributed by atoms with van der Waals surface area (Å²) in [6, 6.07) is 0. The van der Waals surface area contributed by atoms with Crippen LogP contribution in [0.3, 0.4) is 0 Å². The third-order valence-electron chi connectivity index (χ3n) is 2.02. The second-order valence-electron chi connectivity index (χ2n) is 3.26. The molecule has 0 aromatic carbocycles. The van der Waals surface area contributed by atoms with Gasteiger partial charge >= 0.3 is 0 Å². The summed E-state index contributed by atoms with van der Waals surface area (Å²) in [5, 5.41) is 6.46. The Morgan fingerprint density at radius 2 is 2.33 bits per heavy atom. The molecule has 0 aromatic heterocycles. The SMILES string of the molecule is CNCCNC1=CCC(C)C=C1. The molecule has 0 saturated carbocycles. The van der Waals surface area contributed by atoms with E-state index in [1.807, 2.05) is 7.05 Å². The molecule has 0 saturated heterocycles. The second-order valence-corrected chi connectivity index (χ2v) is 3.26. The van der Waals surface area contributed by atoms with E-state index in [2.05, 4.69) is 35.8 Å². The van der Waals surface area contributed by atoms with Gasteiger partial charge in [0.05, 0.1) is 0 Å². The number of hydrogen-bond donors (Lipinski definition) is 2. The van der Waals surface area contributed by atoms with Gasteiger partial charge in [0.1, 0.15) is 0 Å². The molecular weight excluding hydrogens is 148 g/mol. The summed E-state index contributed by atoms with van der Waals surface area (Å²) in [7, 11) is 1.97. The van der Waals surface area contributed by atoms with Gasteiger partial charge in [0, 0.05) is 18.8 Å². The van der Waals surface area contributed by atoms with Gasteiger partial charge in [-0.25, -0.2) is 0 Å². The molecule has 2 nitrogen and oxygen atoms in total. The Labute approximate surface area is 74.7 Å². The van der Waals surface area contributed by atoms with Crippen LogP contribution in [0.4, 0.5) is 0 Å². The maximum Gasteiger partial charge on any atom is 0.0297 e.